The molecule has 1 amide bonds. The number of nitrogens with zero attached hydrogens (tertiary/aromatic N) is 6. The van der Waals surface area contributed by atoms with E-state index in [2.05, 4.69) is 15.1 Å². The fraction of sp³-hybridized carbons (Fsp3) is 0.133. The first-order valence-electron chi connectivity index (χ1n) is 12.7. The van der Waals surface area contributed by atoms with Crippen LogP contribution in [0.4, 0.5) is 14.6 Å². The fourth-order valence-electron chi connectivity index (χ4n) is 4.74. The first-order valence-corrected chi connectivity index (χ1v) is 12.7. The molecule has 200 valence electrons. The molecule has 0 bridgehead atoms. The molecule has 0 unspecified atom stereocenters. The van der Waals surface area contributed by atoms with E-state index in [0.717, 1.165) is 11.3 Å². The first kappa shape index (κ1) is 25.2. The molecule has 0 atom stereocenters. The minimum atomic E-state index is -0.735. The maximum atomic E-state index is 15.3. The number of halogens is 2. The van der Waals surface area contributed by atoms with Crippen molar-refractivity contribution < 1.29 is 13.6 Å². The number of carbonyl (C=O) groups is 1. The molecule has 3 aromatic heterocycles. The van der Waals surface area contributed by atoms with Crippen LogP contribution >= 0.6 is 0 Å². The Balaban J connectivity index is 1.30. The molecule has 0 saturated heterocycles. The van der Waals surface area contributed by atoms with Gasteiger partial charge in [-0.1, -0.05) is 30.3 Å². The first-order chi connectivity index (χ1) is 19.3. The van der Waals surface area contributed by atoms with Crippen molar-refractivity contribution in [1.29, 1.82) is 0 Å². The maximum absolute atomic E-state index is 15.3. The van der Waals surface area contributed by atoms with E-state index in [-0.39, 0.29) is 24.0 Å². The molecule has 2 N–H and O–H groups in total. The van der Waals surface area contributed by atoms with Crippen LogP contribution in [0.1, 0.15) is 29.8 Å². The average molecular weight is 538 g/mol. The average Bonchev–Trinajstić information content (AvgIpc) is 3.63. The van der Waals surface area contributed by atoms with E-state index < -0.39 is 17.5 Å². The molecule has 0 fully saturated rings. The molecular formula is C30H25F2N7O. The standard InChI is InChI=1S/C30H25F2N7O/c1-18(2)37(30(40)23-11-27-26(12-25(23)32)36-29(33)28-14-34-17-38(27)28)15-20-9-8-19(10-24(20)31)21-13-35-39(16-21)22-6-4-3-5-7-22/h3-14,16-18H,15H2,1-2H3,(H2,33,36). The Labute approximate surface area is 228 Å². The summed E-state index contributed by atoms with van der Waals surface area (Å²) in [4.78, 5) is 23.4. The number of amides is 1. The van der Waals surface area contributed by atoms with E-state index in [1.54, 1.807) is 47.5 Å². The smallest absolute Gasteiger partial charge is 0.257 e. The maximum Gasteiger partial charge on any atom is 0.257 e. The number of hydrogen-bond donors (Lipinski definition) is 1. The minimum absolute atomic E-state index is 0.0379. The molecule has 0 radical (unpaired) electrons. The Bertz CT molecular complexity index is 1880. The van der Waals surface area contributed by atoms with E-state index in [0.29, 0.717) is 27.7 Å². The molecule has 8 nitrogen and oxygen atoms in total. The van der Waals surface area contributed by atoms with Crippen molar-refractivity contribution in [2.45, 2.75) is 26.4 Å². The molecule has 3 heterocycles. The van der Waals surface area contributed by atoms with Crippen LogP contribution in [-0.4, -0.2) is 41.0 Å². The lowest BCUT2D eigenvalue weighted by Gasteiger charge is -2.27. The molecule has 40 heavy (non-hydrogen) atoms. The van der Waals surface area contributed by atoms with Gasteiger partial charge in [-0.05, 0) is 43.7 Å². The quantitative estimate of drug-likeness (QED) is 0.297. The summed E-state index contributed by atoms with van der Waals surface area (Å²) in [6, 6.07) is 16.8. The second-order valence-corrected chi connectivity index (χ2v) is 9.81. The van der Waals surface area contributed by atoms with E-state index in [1.807, 2.05) is 36.5 Å². The highest BCUT2D eigenvalue weighted by molar-refractivity contribution is 5.98. The summed E-state index contributed by atoms with van der Waals surface area (Å²) in [6.45, 7) is 3.57. The van der Waals surface area contributed by atoms with Crippen molar-refractivity contribution >= 4 is 28.3 Å². The Morgan fingerprint density at radius 1 is 0.975 bits per heavy atom. The van der Waals surface area contributed by atoms with E-state index in [4.69, 9.17) is 5.73 Å². The van der Waals surface area contributed by atoms with Crippen LogP contribution in [0.3, 0.4) is 0 Å². The highest BCUT2D eigenvalue weighted by Gasteiger charge is 2.25. The van der Waals surface area contributed by atoms with Crippen molar-refractivity contribution in [3.05, 3.63) is 108 Å². The van der Waals surface area contributed by atoms with Crippen molar-refractivity contribution in [1.82, 2.24) is 29.0 Å². The van der Waals surface area contributed by atoms with Crippen LogP contribution in [0.25, 0.3) is 33.4 Å². The van der Waals surface area contributed by atoms with Crippen LogP contribution < -0.4 is 5.73 Å². The molecule has 0 aliphatic heterocycles. The van der Waals surface area contributed by atoms with Gasteiger partial charge in [0.25, 0.3) is 5.91 Å². The SMILES string of the molecule is CC(C)N(Cc1ccc(-c2cnn(-c3ccccc3)c2)cc1F)C(=O)c1cc2c(cc1F)nc(N)c1cncn12. The second-order valence-electron chi connectivity index (χ2n) is 9.81. The number of carbonyl (C=O) groups excluding carboxylic acids is 1. The molecular weight excluding hydrogens is 512 g/mol. The van der Waals surface area contributed by atoms with Gasteiger partial charge in [0, 0.05) is 36.0 Å². The largest absolute Gasteiger partial charge is 0.382 e. The van der Waals surface area contributed by atoms with Crippen LogP contribution in [0.5, 0.6) is 0 Å². The normalized spacial score (nSPS) is 11.5. The van der Waals surface area contributed by atoms with Gasteiger partial charge < -0.3 is 10.6 Å². The summed E-state index contributed by atoms with van der Waals surface area (Å²) in [7, 11) is 0. The van der Waals surface area contributed by atoms with Crippen molar-refractivity contribution in [3.63, 3.8) is 0 Å². The van der Waals surface area contributed by atoms with Gasteiger partial charge in [-0.15, -0.1) is 0 Å². The molecule has 0 saturated carbocycles. The Morgan fingerprint density at radius 3 is 2.52 bits per heavy atom. The number of aromatic nitrogens is 5. The lowest BCUT2D eigenvalue weighted by atomic mass is 10.0. The van der Waals surface area contributed by atoms with Crippen LogP contribution in [0.2, 0.25) is 0 Å². The number of rotatable bonds is 6. The van der Waals surface area contributed by atoms with Crippen molar-refractivity contribution in [3.8, 4) is 16.8 Å². The number of nitrogen functional groups attached to an aromatic ring is 1. The predicted molar refractivity (Wildman–Crippen MR) is 149 cm³/mol. The third-order valence-corrected chi connectivity index (χ3v) is 6.91. The third-order valence-electron chi connectivity index (χ3n) is 6.91. The van der Waals surface area contributed by atoms with Crippen LogP contribution in [-0.2, 0) is 6.54 Å². The minimum Gasteiger partial charge on any atom is -0.382 e. The van der Waals surface area contributed by atoms with Gasteiger partial charge in [-0.2, -0.15) is 5.10 Å². The summed E-state index contributed by atoms with van der Waals surface area (Å²) in [5.41, 5.74) is 9.78. The molecule has 6 aromatic rings. The molecule has 0 aliphatic carbocycles. The highest BCUT2D eigenvalue weighted by Crippen LogP contribution is 2.27. The highest BCUT2D eigenvalue weighted by atomic mass is 19.1. The zero-order chi connectivity index (χ0) is 28.0. The summed E-state index contributed by atoms with van der Waals surface area (Å²) in [5, 5.41) is 4.38. The fourth-order valence-corrected chi connectivity index (χ4v) is 4.74. The number of para-hydroxylation sites is 1. The summed E-state index contributed by atoms with van der Waals surface area (Å²) >= 11 is 0. The van der Waals surface area contributed by atoms with E-state index in [9.17, 15) is 4.79 Å². The number of hydrogen-bond acceptors (Lipinski definition) is 5. The van der Waals surface area contributed by atoms with E-state index in [1.165, 1.54) is 29.4 Å². The molecule has 0 spiro atoms. The Hall–Kier alpha value is -5.12. The van der Waals surface area contributed by atoms with Gasteiger partial charge in [0.15, 0.2) is 0 Å². The van der Waals surface area contributed by atoms with Gasteiger partial charge >= 0.3 is 0 Å². The topological polar surface area (TPSA) is 94.3 Å². The van der Waals surface area contributed by atoms with Crippen LogP contribution in [0, 0.1) is 11.6 Å². The predicted octanol–water partition coefficient (Wildman–Crippen LogP) is 5.65. The lowest BCUT2D eigenvalue weighted by molar-refractivity contribution is 0.0684. The number of benzene rings is 3. The number of anilines is 1. The zero-order valence-corrected chi connectivity index (χ0v) is 21.8. The van der Waals surface area contributed by atoms with Gasteiger partial charge in [0.1, 0.15) is 23.0 Å². The number of imidazole rings is 1. The lowest BCUT2D eigenvalue weighted by Crippen LogP contribution is -2.37. The monoisotopic (exact) mass is 537 g/mol. The van der Waals surface area contributed by atoms with Gasteiger partial charge in [0.2, 0.25) is 0 Å². The summed E-state index contributed by atoms with van der Waals surface area (Å²) in [5.74, 6) is -1.56. The van der Waals surface area contributed by atoms with Crippen LogP contribution in [0.15, 0.2) is 85.6 Å². The molecule has 6 rings (SSSR count). The number of fused-ring (bicyclic) bond motifs is 3. The summed E-state index contributed by atoms with van der Waals surface area (Å²) < 4.78 is 33.9. The molecule has 10 heteroatoms. The van der Waals surface area contributed by atoms with Crippen molar-refractivity contribution in [2.75, 3.05) is 5.73 Å². The Morgan fingerprint density at radius 2 is 1.77 bits per heavy atom. The third kappa shape index (κ3) is 4.43. The molecule has 3 aromatic carbocycles. The zero-order valence-electron chi connectivity index (χ0n) is 21.8. The molecule has 0 aliphatic rings. The van der Waals surface area contributed by atoms with Gasteiger partial charge in [-0.25, -0.2) is 23.4 Å². The number of nitrogens with two attached hydrogens (primary N) is 1. The van der Waals surface area contributed by atoms with Crippen molar-refractivity contribution in [2.24, 2.45) is 0 Å². The second kappa shape index (κ2) is 9.88. The van der Waals surface area contributed by atoms with Gasteiger partial charge in [-0.3, -0.25) is 9.20 Å². The van der Waals surface area contributed by atoms with Gasteiger partial charge in [0.05, 0.1) is 41.0 Å². The van der Waals surface area contributed by atoms with E-state index >= 15 is 8.78 Å². The summed E-state index contributed by atoms with van der Waals surface area (Å²) in [6.07, 6.45) is 6.58. The Kier molecular flexibility index (Phi) is 6.22.